The Hall–Kier alpha value is -4.83. The number of ketones is 1. The molecule has 2 aliphatic heterocycles. The Labute approximate surface area is 306 Å². The van der Waals surface area contributed by atoms with Crippen molar-refractivity contribution < 1.29 is 19.4 Å². The number of hydrogen-bond donors (Lipinski definition) is 4. The monoisotopic (exact) mass is 699 g/mol. The molecule has 3 unspecified atom stereocenters. The number of nitrogens with one attached hydrogen (secondary N) is 2. The van der Waals surface area contributed by atoms with Crippen LogP contribution >= 0.6 is 0 Å². The van der Waals surface area contributed by atoms with Crippen LogP contribution in [-0.2, 0) is 11.2 Å². The predicted octanol–water partition coefficient (Wildman–Crippen LogP) is 6.43. The van der Waals surface area contributed by atoms with E-state index in [4.69, 9.17) is 10.5 Å². The number of nitrogens with two attached hydrogens (primary N) is 1. The highest BCUT2D eigenvalue weighted by Gasteiger charge is 2.46. The average Bonchev–Trinajstić information content (AvgIpc) is 3.78. The van der Waals surface area contributed by atoms with Crippen LogP contribution in [-0.4, -0.2) is 71.5 Å². The standard InChI is InChI=1S/C43H49N5O4/c1-26-38(24-36-35-22-31(14-15-37(35)47-42(36)44)43(51)46-27(2)30-12-8-5-9-13-30)45-28(3)40(26)41(50)34-23-32(34)21-33(20-29-10-6-4-7-11-29)39(49)25-48-16-18-52-19-17-48/h4-15,22,24,27,32-34,39,45,49H,16-21,23,25H2,1-3H3,(H2,44,47)(H,46,51)/b36-24-/t27-,32?,33?,34?,39-/m1/s1. The van der Waals surface area contributed by atoms with Crippen LogP contribution in [0.2, 0.25) is 0 Å². The largest absolute Gasteiger partial charge is 0.391 e. The first-order chi connectivity index (χ1) is 25.2. The average molecular weight is 700 g/mol. The molecule has 0 radical (unpaired) electrons. The second kappa shape index (κ2) is 15.4. The maximum atomic E-state index is 14.1. The minimum Gasteiger partial charge on any atom is -0.391 e. The van der Waals surface area contributed by atoms with E-state index in [9.17, 15) is 14.7 Å². The number of amides is 1. The summed E-state index contributed by atoms with van der Waals surface area (Å²) in [6, 6.07) is 25.5. The number of H-pyrrole nitrogens is 1. The summed E-state index contributed by atoms with van der Waals surface area (Å²) >= 11 is 0. The number of benzene rings is 3. The van der Waals surface area contributed by atoms with Crippen molar-refractivity contribution in [1.82, 2.24) is 15.2 Å². The topological polar surface area (TPSA) is 133 Å². The molecule has 5 N–H and O–H groups in total. The molecule has 9 nitrogen and oxygen atoms in total. The van der Waals surface area contributed by atoms with Gasteiger partial charge in [-0.25, -0.2) is 4.99 Å². The summed E-state index contributed by atoms with van der Waals surface area (Å²) < 4.78 is 5.52. The molecule has 3 heterocycles. The fourth-order valence-corrected chi connectivity index (χ4v) is 7.90. The number of nitrogens with zero attached hydrogens (tertiary/aromatic N) is 2. The maximum absolute atomic E-state index is 14.1. The molecular weight excluding hydrogens is 651 g/mol. The van der Waals surface area contributed by atoms with Gasteiger partial charge in [-0.2, -0.15) is 0 Å². The zero-order valence-electron chi connectivity index (χ0n) is 30.3. The molecule has 1 saturated heterocycles. The van der Waals surface area contributed by atoms with E-state index in [0.29, 0.717) is 42.4 Å². The molecule has 7 rings (SSSR count). The van der Waals surface area contributed by atoms with Crippen LogP contribution in [0.3, 0.4) is 0 Å². The number of morpholine rings is 1. The number of fused-ring (bicyclic) bond motifs is 1. The Kier molecular flexibility index (Phi) is 10.5. The van der Waals surface area contributed by atoms with Gasteiger partial charge in [0, 0.05) is 59.2 Å². The van der Waals surface area contributed by atoms with Gasteiger partial charge in [-0.1, -0.05) is 60.7 Å². The van der Waals surface area contributed by atoms with Gasteiger partial charge in [0.1, 0.15) is 5.84 Å². The lowest BCUT2D eigenvalue weighted by molar-refractivity contribution is -0.00134. The summed E-state index contributed by atoms with van der Waals surface area (Å²) in [4.78, 5) is 37.7. The van der Waals surface area contributed by atoms with E-state index in [1.807, 2.05) is 87.5 Å². The predicted molar refractivity (Wildman–Crippen MR) is 206 cm³/mol. The molecule has 1 aliphatic carbocycles. The van der Waals surface area contributed by atoms with Crippen LogP contribution in [0, 0.1) is 31.6 Å². The normalized spacial score (nSPS) is 20.9. The Morgan fingerprint density at radius 1 is 1.06 bits per heavy atom. The number of hydrogen-bond acceptors (Lipinski definition) is 7. The van der Waals surface area contributed by atoms with E-state index in [1.54, 1.807) is 6.07 Å². The molecule has 1 amide bonds. The summed E-state index contributed by atoms with van der Waals surface area (Å²) in [6.07, 6.45) is 3.88. The van der Waals surface area contributed by atoms with E-state index < -0.39 is 6.10 Å². The minimum atomic E-state index is -0.483. The number of aliphatic imine (C=N–C) groups is 1. The molecule has 1 aromatic heterocycles. The third kappa shape index (κ3) is 7.82. The Bertz CT molecular complexity index is 1980. The highest BCUT2D eigenvalue weighted by atomic mass is 16.5. The zero-order chi connectivity index (χ0) is 36.4. The van der Waals surface area contributed by atoms with Crippen molar-refractivity contribution in [3.05, 3.63) is 124 Å². The number of Topliss-reactive ketones (excluding diaryl/α,β-unsaturated/α-hetero) is 1. The van der Waals surface area contributed by atoms with Crippen molar-refractivity contribution in [3.8, 4) is 0 Å². The Morgan fingerprint density at radius 2 is 1.77 bits per heavy atom. The highest BCUT2D eigenvalue weighted by Crippen LogP contribution is 2.47. The van der Waals surface area contributed by atoms with Crippen molar-refractivity contribution in [1.29, 1.82) is 0 Å². The first-order valence-electron chi connectivity index (χ1n) is 18.5. The van der Waals surface area contributed by atoms with Crippen LogP contribution < -0.4 is 11.1 Å². The number of aromatic amines is 1. The molecule has 5 atom stereocenters. The van der Waals surface area contributed by atoms with Crippen molar-refractivity contribution in [2.45, 2.75) is 52.2 Å². The maximum Gasteiger partial charge on any atom is 0.251 e. The number of carbonyl (C=O) groups excluding carboxylic acids is 2. The highest BCUT2D eigenvalue weighted by molar-refractivity contribution is 6.31. The lowest BCUT2D eigenvalue weighted by atomic mass is 9.87. The number of carbonyl (C=O) groups is 2. The summed E-state index contributed by atoms with van der Waals surface area (Å²) in [7, 11) is 0. The first kappa shape index (κ1) is 35.6. The summed E-state index contributed by atoms with van der Waals surface area (Å²) in [5, 5.41) is 14.6. The molecule has 270 valence electrons. The third-order valence-corrected chi connectivity index (χ3v) is 11.0. The molecular formula is C43H49N5O4. The van der Waals surface area contributed by atoms with E-state index in [-0.39, 0.29) is 35.5 Å². The number of aliphatic hydroxyl groups excluding tert-OH is 1. The minimum absolute atomic E-state index is 0.0555. The number of β-amino-alcohol motifs (C(OH)–C–C–N with tert-alkyl or cyclic N) is 1. The van der Waals surface area contributed by atoms with Crippen LogP contribution in [0.25, 0.3) is 11.6 Å². The molecule has 9 heteroatoms. The van der Waals surface area contributed by atoms with Gasteiger partial charge in [-0.3, -0.25) is 14.5 Å². The molecule has 3 aliphatic rings. The third-order valence-electron chi connectivity index (χ3n) is 11.0. The first-order valence-corrected chi connectivity index (χ1v) is 18.5. The summed E-state index contributed by atoms with van der Waals surface area (Å²) in [5.41, 5.74) is 14.6. The van der Waals surface area contributed by atoms with Crippen molar-refractivity contribution in [2.24, 2.45) is 28.5 Å². The molecule has 3 aromatic carbocycles. The van der Waals surface area contributed by atoms with Crippen molar-refractivity contribution >= 4 is 34.9 Å². The Balaban J connectivity index is 1.06. The second-order valence-corrected chi connectivity index (χ2v) is 14.7. The van der Waals surface area contributed by atoms with Crippen LogP contribution in [0.15, 0.2) is 83.9 Å². The van der Waals surface area contributed by atoms with Gasteiger partial charge in [0.15, 0.2) is 5.78 Å². The lowest BCUT2D eigenvalue weighted by Crippen LogP contribution is -2.43. The van der Waals surface area contributed by atoms with Gasteiger partial charge in [0.05, 0.1) is 31.0 Å². The second-order valence-electron chi connectivity index (χ2n) is 14.7. The van der Waals surface area contributed by atoms with E-state index >= 15 is 0 Å². The van der Waals surface area contributed by atoms with Crippen molar-refractivity contribution in [3.63, 3.8) is 0 Å². The zero-order valence-corrected chi connectivity index (χ0v) is 30.3. The molecule has 1 saturated carbocycles. The van der Waals surface area contributed by atoms with E-state index in [2.05, 4.69) is 32.3 Å². The van der Waals surface area contributed by atoms with Crippen molar-refractivity contribution in [2.75, 3.05) is 32.8 Å². The van der Waals surface area contributed by atoms with Gasteiger partial charge in [-0.15, -0.1) is 0 Å². The fourth-order valence-electron chi connectivity index (χ4n) is 7.90. The quantitative estimate of drug-likeness (QED) is 0.119. The smallest absolute Gasteiger partial charge is 0.251 e. The number of aromatic nitrogens is 1. The molecule has 52 heavy (non-hydrogen) atoms. The lowest BCUT2D eigenvalue weighted by Gasteiger charge is -2.32. The van der Waals surface area contributed by atoms with Gasteiger partial charge in [0.2, 0.25) is 0 Å². The number of rotatable bonds is 13. The van der Waals surface area contributed by atoms with Gasteiger partial charge in [-0.05, 0) is 92.8 Å². The number of amidine groups is 1. The van der Waals surface area contributed by atoms with E-state index in [1.165, 1.54) is 5.56 Å². The van der Waals surface area contributed by atoms with Crippen LogP contribution in [0.1, 0.15) is 80.2 Å². The SMILES string of the molecule is Cc1[nH]c(/C=C2\C(N)=Nc3ccc(C(=O)N[C@H](C)c4ccccc4)cc32)c(C)c1C(=O)C1CC1CC(Cc1ccccc1)[C@H](O)CN1CCOCC1. The summed E-state index contributed by atoms with van der Waals surface area (Å²) in [5.74, 6) is 0.562. The van der Waals surface area contributed by atoms with Gasteiger partial charge in [0.25, 0.3) is 5.91 Å². The molecule has 0 bridgehead atoms. The van der Waals surface area contributed by atoms with Crippen LogP contribution in [0.4, 0.5) is 5.69 Å². The Morgan fingerprint density at radius 3 is 2.50 bits per heavy atom. The fraction of sp³-hybridized carbons (Fsp3) is 0.372. The van der Waals surface area contributed by atoms with Gasteiger partial charge >= 0.3 is 0 Å². The number of ether oxygens (including phenoxy) is 1. The van der Waals surface area contributed by atoms with Gasteiger partial charge < -0.3 is 25.9 Å². The molecule has 0 spiro atoms. The number of aryl methyl sites for hydroxylation is 1. The summed E-state index contributed by atoms with van der Waals surface area (Å²) in [6.45, 7) is 9.56. The molecule has 4 aromatic rings. The van der Waals surface area contributed by atoms with E-state index in [0.717, 1.165) is 66.0 Å². The number of aliphatic hydroxyl groups is 1. The molecule has 2 fully saturated rings. The van der Waals surface area contributed by atoms with Crippen LogP contribution in [0.5, 0.6) is 0 Å².